The van der Waals surface area contributed by atoms with Crippen molar-refractivity contribution in [1.82, 2.24) is 35.0 Å². The van der Waals surface area contributed by atoms with Crippen molar-refractivity contribution >= 4 is 39.2 Å². The highest BCUT2D eigenvalue weighted by Gasteiger charge is 2.17. The van der Waals surface area contributed by atoms with Gasteiger partial charge in [0.25, 0.3) is 0 Å². The number of piperidine rings is 1. The van der Waals surface area contributed by atoms with Gasteiger partial charge in [-0.15, -0.1) is 11.3 Å². The molecule has 0 bridgehead atoms. The quantitative estimate of drug-likeness (QED) is 0.238. The number of nitrogens with zero attached hydrogens (tertiary/aromatic N) is 5. The summed E-state index contributed by atoms with van der Waals surface area (Å²) in [4.78, 5) is 33.3. The lowest BCUT2D eigenvalue weighted by atomic mass is 10.0. The van der Waals surface area contributed by atoms with Crippen LogP contribution in [0.15, 0.2) is 61.2 Å². The van der Waals surface area contributed by atoms with Crippen LogP contribution >= 0.6 is 11.3 Å². The minimum absolute atomic E-state index is 0.0739. The zero-order valence-electron chi connectivity index (χ0n) is 21.6. The van der Waals surface area contributed by atoms with Crippen LogP contribution in [0.3, 0.4) is 0 Å². The van der Waals surface area contributed by atoms with Crippen molar-refractivity contribution in [2.75, 3.05) is 13.1 Å². The van der Waals surface area contributed by atoms with E-state index >= 15 is 0 Å². The number of H-pyrrole nitrogens is 2. The van der Waals surface area contributed by atoms with Crippen molar-refractivity contribution in [2.24, 2.45) is 0 Å². The second-order valence-corrected chi connectivity index (χ2v) is 11.2. The van der Waals surface area contributed by atoms with Crippen molar-refractivity contribution in [1.29, 1.82) is 0 Å². The molecule has 0 spiro atoms. The van der Waals surface area contributed by atoms with Crippen LogP contribution in [-0.4, -0.2) is 53.9 Å². The number of Topliss-reactive ketones (excluding diaryl/α,β-unsaturated/α-hetero) is 1. The predicted octanol–water partition coefficient (Wildman–Crippen LogP) is 6.48. The number of thiophene rings is 1. The van der Waals surface area contributed by atoms with Gasteiger partial charge in [-0.05, 0) is 74.8 Å². The zero-order chi connectivity index (χ0) is 26.3. The van der Waals surface area contributed by atoms with E-state index in [1.807, 2.05) is 36.8 Å². The van der Waals surface area contributed by atoms with Crippen molar-refractivity contribution in [3.8, 4) is 33.0 Å². The topological polar surface area (TPSA) is 103 Å². The average molecular weight is 534 g/mol. The van der Waals surface area contributed by atoms with Crippen molar-refractivity contribution < 1.29 is 4.79 Å². The van der Waals surface area contributed by atoms with Crippen LogP contribution in [0.2, 0.25) is 0 Å². The lowest BCUT2D eigenvalue weighted by molar-refractivity contribution is 0.102. The molecule has 0 aliphatic carbocycles. The SMILES string of the molecule is CC(=O)c1ccc(-c2ccnc3[nH]c(-c4n[nH]c5ncc(-c6cncc(CN7CCCCC7)c6)cc45)cc23)s1. The highest BCUT2D eigenvalue weighted by Crippen LogP contribution is 2.36. The van der Waals surface area contributed by atoms with Crippen LogP contribution in [0.4, 0.5) is 0 Å². The van der Waals surface area contributed by atoms with Gasteiger partial charge in [-0.2, -0.15) is 5.10 Å². The first-order chi connectivity index (χ1) is 19.1. The third-order valence-electron chi connectivity index (χ3n) is 7.40. The summed E-state index contributed by atoms with van der Waals surface area (Å²) in [5.41, 5.74) is 7.45. The number of carbonyl (C=O) groups excluding carboxylic acids is 1. The third kappa shape index (κ3) is 4.53. The highest BCUT2D eigenvalue weighted by atomic mass is 32.1. The molecule has 0 unspecified atom stereocenters. The number of fused-ring (bicyclic) bond motifs is 2. The number of nitrogens with one attached hydrogen (secondary N) is 2. The molecule has 7 heterocycles. The first kappa shape index (κ1) is 23.9. The summed E-state index contributed by atoms with van der Waals surface area (Å²) < 4.78 is 0. The number of ketones is 1. The third-order valence-corrected chi connectivity index (χ3v) is 8.62. The van der Waals surface area contributed by atoms with Gasteiger partial charge in [-0.3, -0.25) is 19.8 Å². The molecule has 0 radical (unpaired) electrons. The van der Waals surface area contributed by atoms with Crippen LogP contribution in [0.5, 0.6) is 0 Å². The predicted molar refractivity (Wildman–Crippen MR) is 155 cm³/mol. The number of pyridine rings is 3. The fraction of sp³-hybridized carbons (Fsp3) is 0.233. The van der Waals surface area contributed by atoms with Crippen LogP contribution in [-0.2, 0) is 6.54 Å². The summed E-state index contributed by atoms with van der Waals surface area (Å²) in [5, 5.41) is 9.60. The summed E-state index contributed by atoms with van der Waals surface area (Å²) in [6.45, 7) is 4.83. The van der Waals surface area contributed by atoms with E-state index in [1.165, 1.54) is 36.2 Å². The number of hydrogen-bond donors (Lipinski definition) is 2. The van der Waals surface area contributed by atoms with Crippen LogP contribution in [0.25, 0.3) is 55.0 Å². The Morgan fingerprint density at radius 1 is 0.949 bits per heavy atom. The smallest absolute Gasteiger partial charge is 0.169 e. The van der Waals surface area contributed by atoms with Gasteiger partial charge in [0.1, 0.15) is 11.3 Å². The summed E-state index contributed by atoms with van der Waals surface area (Å²) >= 11 is 1.50. The molecule has 6 aromatic heterocycles. The van der Waals surface area contributed by atoms with E-state index in [1.54, 1.807) is 13.1 Å². The lowest BCUT2D eigenvalue weighted by Crippen LogP contribution is -2.29. The van der Waals surface area contributed by atoms with E-state index in [0.29, 0.717) is 0 Å². The molecular weight excluding hydrogens is 506 g/mol. The minimum atomic E-state index is 0.0739. The molecule has 6 aromatic rings. The molecule has 9 heteroatoms. The molecule has 1 saturated heterocycles. The molecule has 1 fully saturated rings. The normalized spacial score (nSPS) is 14.4. The summed E-state index contributed by atoms with van der Waals surface area (Å²) in [6, 6.07) is 12.3. The first-order valence-corrected chi connectivity index (χ1v) is 14.0. The van der Waals surface area contributed by atoms with Gasteiger partial charge in [0, 0.05) is 63.7 Å². The lowest BCUT2D eigenvalue weighted by Gasteiger charge is -2.26. The van der Waals surface area contributed by atoms with Crippen LogP contribution < -0.4 is 0 Å². The number of aromatic nitrogens is 6. The minimum Gasteiger partial charge on any atom is -0.338 e. The maximum Gasteiger partial charge on any atom is 0.169 e. The molecule has 0 aromatic carbocycles. The Morgan fingerprint density at radius 3 is 2.67 bits per heavy atom. The molecule has 1 aliphatic rings. The van der Waals surface area contributed by atoms with Gasteiger partial charge in [-0.1, -0.05) is 6.42 Å². The Labute approximate surface area is 229 Å². The Morgan fingerprint density at radius 2 is 1.82 bits per heavy atom. The zero-order valence-corrected chi connectivity index (χ0v) is 22.4. The average Bonchev–Trinajstić information content (AvgIpc) is 3.71. The standard InChI is InChI=1S/C30H27N7OS/c1-18(38)26-5-6-27(39-26)22-7-8-32-29-23(22)13-25(34-29)28-24-12-21(16-33-30(24)36-35-28)20-11-19(14-31-15-20)17-37-9-3-2-4-10-37/h5-8,11-16H,2-4,9-10,17H2,1H3,(H,32,34)(H,33,35,36). The van der Waals surface area contributed by atoms with E-state index in [4.69, 9.17) is 0 Å². The van der Waals surface area contributed by atoms with E-state index < -0.39 is 0 Å². The van der Waals surface area contributed by atoms with Crippen molar-refractivity contribution in [3.63, 3.8) is 0 Å². The maximum atomic E-state index is 11.8. The molecule has 0 saturated carbocycles. The molecular formula is C30H27N7OS. The molecule has 39 heavy (non-hydrogen) atoms. The van der Waals surface area contributed by atoms with Gasteiger partial charge in [0.05, 0.1) is 10.6 Å². The van der Waals surface area contributed by atoms with E-state index in [9.17, 15) is 4.79 Å². The number of rotatable bonds is 6. The van der Waals surface area contributed by atoms with E-state index in [-0.39, 0.29) is 5.78 Å². The first-order valence-electron chi connectivity index (χ1n) is 13.2. The molecule has 1 aliphatic heterocycles. The summed E-state index contributed by atoms with van der Waals surface area (Å²) in [6.07, 6.45) is 11.4. The van der Waals surface area contributed by atoms with Crippen molar-refractivity contribution in [2.45, 2.75) is 32.7 Å². The van der Waals surface area contributed by atoms with Crippen LogP contribution in [0, 0.1) is 0 Å². The van der Waals surface area contributed by atoms with E-state index in [0.717, 1.165) is 79.5 Å². The number of aromatic amines is 2. The van der Waals surface area contributed by atoms with E-state index in [2.05, 4.69) is 53.2 Å². The Bertz CT molecular complexity index is 1830. The Balaban J connectivity index is 1.25. The van der Waals surface area contributed by atoms with Gasteiger partial charge in [-0.25, -0.2) is 9.97 Å². The van der Waals surface area contributed by atoms with Crippen LogP contribution in [0.1, 0.15) is 41.4 Å². The van der Waals surface area contributed by atoms with Gasteiger partial charge in [0.2, 0.25) is 0 Å². The Hall–Kier alpha value is -4.21. The second-order valence-electron chi connectivity index (χ2n) is 10.1. The fourth-order valence-corrected chi connectivity index (χ4v) is 6.36. The second kappa shape index (κ2) is 9.83. The Kier molecular flexibility index (Phi) is 6.02. The molecule has 0 amide bonds. The van der Waals surface area contributed by atoms with Gasteiger partial charge >= 0.3 is 0 Å². The fourth-order valence-electron chi connectivity index (χ4n) is 5.42. The maximum absolute atomic E-state index is 11.8. The molecule has 2 N–H and O–H groups in total. The van der Waals surface area contributed by atoms with Crippen molar-refractivity contribution in [3.05, 3.63) is 71.6 Å². The molecule has 8 nitrogen and oxygen atoms in total. The number of hydrogen-bond acceptors (Lipinski definition) is 7. The number of carbonyl (C=O) groups is 1. The summed E-state index contributed by atoms with van der Waals surface area (Å²) in [5.74, 6) is 0.0739. The summed E-state index contributed by atoms with van der Waals surface area (Å²) in [7, 11) is 0. The highest BCUT2D eigenvalue weighted by molar-refractivity contribution is 7.17. The largest absolute Gasteiger partial charge is 0.338 e. The molecule has 194 valence electrons. The molecule has 0 atom stereocenters. The molecule has 7 rings (SSSR count). The number of likely N-dealkylation sites (tertiary alicyclic amines) is 1. The monoisotopic (exact) mass is 533 g/mol. The van der Waals surface area contributed by atoms with Gasteiger partial charge in [0.15, 0.2) is 11.4 Å². The van der Waals surface area contributed by atoms with Gasteiger partial charge < -0.3 is 4.98 Å².